The van der Waals surface area contributed by atoms with Crippen LogP contribution in [0.25, 0.3) is 0 Å². The van der Waals surface area contributed by atoms with Crippen molar-refractivity contribution in [2.24, 2.45) is 0 Å². The number of sulfonamides is 1. The first kappa shape index (κ1) is 19.9. The van der Waals surface area contributed by atoms with Gasteiger partial charge in [0, 0.05) is 6.54 Å². The zero-order valence-electron chi connectivity index (χ0n) is 15.2. The van der Waals surface area contributed by atoms with E-state index in [0.717, 1.165) is 9.87 Å². The molecule has 1 amide bonds. The number of amides is 1. The Bertz CT molecular complexity index is 848. The van der Waals surface area contributed by atoms with Gasteiger partial charge in [-0.1, -0.05) is 36.8 Å². The number of ether oxygens (including phenoxy) is 1. The summed E-state index contributed by atoms with van der Waals surface area (Å²) < 4.78 is 32.1. The van der Waals surface area contributed by atoms with E-state index in [1.807, 2.05) is 13.8 Å². The minimum Gasteiger partial charge on any atom is -0.492 e. The molecular formula is C19H24N2O4S. The van der Waals surface area contributed by atoms with Gasteiger partial charge in [-0.2, -0.15) is 4.31 Å². The highest BCUT2D eigenvalue weighted by Gasteiger charge is 2.25. The summed E-state index contributed by atoms with van der Waals surface area (Å²) in [5, 5.41) is 2.72. The van der Waals surface area contributed by atoms with Crippen molar-refractivity contribution in [2.45, 2.75) is 25.7 Å². The van der Waals surface area contributed by atoms with Gasteiger partial charge in [-0.15, -0.1) is 0 Å². The summed E-state index contributed by atoms with van der Waals surface area (Å²) in [6.07, 6.45) is 0. The van der Waals surface area contributed by atoms with Gasteiger partial charge in [0.1, 0.15) is 5.75 Å². The zero-order valence-corrected chi connectivity index (χ0v) is 16.0. The maximum atomic E-state index is 12.8. The zero-order chi connectivity index (χ0) is 19.2. The van der Waals surface area contributed by atoms with Gasteiger partial charge in [0.15, 0.2) is 0 Å². The van der Waals surface area contributed by atoms with Crippen molar-refractivity contribution in [3.05, 3.63) is 54.1 Å². The lowest BCUT2D eigenvalue weighted by Crippen LogP contribution is -2.37. The first-order chi connectivity index (χ1) is 12.4. The van der Waals surface area contributed by atoms with Gasteiger partial charge in [-0.05, 0) is 38.1 Å². The van der Waals surface area contributed by atoms with Gasteiger partial charge in [0.25, 0.3) is 0 Å². The third-order valence-electron chi connectivity index (χ3n) is 3.79. The Morgan fingerprint density at radius 1 is 1.08 bits per heavy atom. The molecule has 2 aromatic rings. The van der Waals surface area contributed by atoms with E-state index >= 15 is 0 Å². The van der Waals surface area contributed by atoms with Crippen LogP contribution in [0.5, 0.6) is 5.75 Å². The van der Waals surface area contributed by atoms with E-state index in [1.54, 1.807) is 55.5 Å². The molecule has 140 valence electrons. The fourth-order valence-corrected chi connectivity index (χ4v) is 3.83. The van der Waals surface area contributed by atoms with Gasteiger partial charge in [-0.25, -0.2) is 8.42 Å². The predicted octanol–water partition coefficient (Wildman–Crippen LogP) is 3.04. The van der Waals surface area contributed by atoms with E-state index < -0.39 is 15.9 Å². The number of anilines is 1. The molecule has 0 aliphatic heterocycles. The lowest BCUT2D eigenvalue weighted by molar-refractivity contribution is -0.116. The third kappa shape index (κ3) is 4.83. The maximum absolute atomic E-state index is 12.8. The number of para-hydroxylation sites is 2. The Hall–Kier alpha value is -2.38. The van der Waals surface area contributed by atoms with Crippen LogP contribution in [0.15, 0.2) is 53.4 Å². The summed E-state index contributed by atoms with van der Waals surface area (Å²) in [7, 11) is -3.73. The molecule has 26 heavy (non-hydrogen) atoms. The van der Waals surface area contributed by atoms with E-state index in [4.69, 9.17) is 4.74 Å². The highest BCUT2D eigenvalue weighted by molar-refractivity contribution is 7.89. The lowest BCUT2D eigenvalue weighted by Gasteiger charge is -2.20. The van der Waals surface area contributed by atoms with Gasteiger partial charge in [0.2, 0.25) is 15.9 Å². The molecule has 0 aromatic heterocycles. The molecule has 0 saturated carbocycles. The Balaban J connectivity index is 2.14. The molecule has 0 unspecified atom stereocenters. The van der Waals surface area contributed by atoms with Crippen molar-refractivity contribution in [1.29, 1.82) is 0 Å². The largest absolute Gasteiger partial charge is 0.492 e. The molecule has 0 radical (unpaired) electrons. The lowest BCUT2D eigenvalue weighted by atomic mass is 10.2. The van der Waals surface area contributed by atoms with Gasteiger partial charge in [-0.3, -0.25) is 4.79 Å². The number of benzene rings is 2. The van der Waals surface area contributed by atoms with Crippen LogP contribution in [0.4, 0.5) is 5.69 Å². The van der Waals surface area contributed by atoms with E-state index in [-0.39, 0.29) is 18.0 Å². The fraction of sp³-hybridized carbons (Fsp3) is 0.316. The minimum absolute atomic E-state index is 0.174. The van der Waals surface area contributed by atoms with E-state index in [9.17, 15) is 13.2 Å². The molecule has 1 N–H and O–H groups in total. The number of carbonyl (C=O) groups excluding carboxylic acids is 1. The van der Waals surface area contributed by atoms with Crippen molar-refractivity contribution in [2.75, 3.05) is 25.0 Å². The molecule has 2 aromatic carbocycles. The minimum atomic E-state index is -3.73. The topological polar surface area (TPSA) is 75.7 Å². The van der Waals surface area contributed by atoms with Crippen LogP contribution < -0.4 is 10.1 Å². The smallest absolute Gasteiger partial charge is 0.243 e. The van der Waals surface area contributed by atoms with Crippen LogP contribution in [0.2, 0.25) is 0 Å². The van der Waals surface area contributed by atoms with Crippen LogP contribution in [0.1, 0.15) is 19.4 Å². The molecule has 0 atom stereocenters. The summed E-state index contributed by atoms with van der Waals surface area (Å²) in [5.74, 6) is 0.127. The maximum Gasteiger partial charge on any atom is 0.243 e. The monoisotopic (exact) mass is 376 g/mol. The van der Waals surface area contributed by atoms with E-state index in [0.29, 0.717) is 18.0 Å². The van der Waals surface area contributed by atoms with Crippen LogP contribution in [0, 0.1) is 6.92 Å². The van der Waals surface area contributed by atoms with E-state index in [1.165, 1.54) is 0 Å². The number of nitrogens with zero attached hydrogens (tertiary/aromatic N) is 1. The number of aryl methyl sites for hydroxylation is 1. The Morgan fingerprint density at radius 2 is 1.73 bits per heavy atom. The quantitative estimate of drug-likeness (QED) is 0.768. The second-order valence-electron chi connectivity index (χ2n) is 5.72. The molecule has 0 heterocycles. The molecule has 0 spiro atoms. The average molecular weight is 376 g/mol. The number of carbonyl (C=O) groups is 1. The molecule has 2 rings (SSSR count). The Labute approximate surface area is 154 Å². The summed E-state index contributed by atoms with van der Waals surface area (Å²) in [6.45, 7) is 5.83. The Kier molecular flexibility index (Phi) is 6.76. The highest BCUT2D eigenvalue weighted by Crippen LogP contribution is 2.24. The number of likely N-dealkylation sites (N-methyl/N-ethyl adjacent to an activating group) is 1. The predicted molar refractivity (Wildman–Crippen MR) is 102 cm³/mol. The van der Waals surface area contributed by atoms with Crippen LogP contribution >= 0.6 is 0 Å². The van der Waals surface area contributed by atoms with Crippen molar-refractivity contribution in [3.63, 3.8) is 0 Å². The normalized spacial score (nSPS) is 11.4. The molecule has 0 bridgehead atoms. The fourth-order valence-electron chi connectivity index (χ4n) is 2.43. The van der Waals surface area contributed by atoms with Gasteiger partial charge in [0.05, 0.1) is 23.7 Å². The number of nitrogens with one attached hydrogen (secondary N) is 1. The molecule has 0 aliphatic carbocycles. The number of hydrogen-bond donors (Lipinski definition) is 1. The summed E-state index contributed by atoms with van der Waals surface area (Å²) in [6, 6.07) is 13.6. The van der Waals surface area contributed by atoms with Crippen LogP contribution in [-0.2, 0) is 14.8 Å². The Morgan fingerprint density at radius 3 is 2.35 bits per heavy atom. The molecule has 0 saturated heterocycles. The van der Waals surface area contributed by atoms with Crippen molar-refractivity contribution in [3.8, 4) is 5.75 Å². The number of hydrogen-bond acceptors (Lipinski definition) is 4. The highest BCUT2D eigenvalue weighted by atomic mass is 32.2. The average Bonchev–Trinajstić information content (AvgIpc) is 2.62. The van der Waals surface area contributed by atoms with Gasteiger partial charge < -0.3 is 10.1 Å². The SMILES string of the molecule is CCOc1ccccc1NC(=O)CN(CC)S(=O)(=O)c1ccc(C)cc1. The second kappa shape index (κ2) is 8.82. The molecule has 0 fully saturated rings. The summed E-state index contributed by atoms with van der Waals surface area (Å²) in [4.78, 5) is 12.6. The van der Waals surface area contributed by atoms with E-state index in [2.05, 4.69) is 5.32 Å². The molecule has 6 nitrogen and oxygen atoms in total. The summed E-state index contributed by atoms with van der Waals surface area (Å²) in [5.41, 5.74) is 1.49. The summed E-state index contributed by atoms with van der Waals surface area (Å²) >= 11 is 0. The first-order valence-corrected chi connectivity index (χ1v) is 9.91. The molecule has 7 heteroatoms. The standard InChI is InChI=1S/C19H24N2O4S/c1-4-21(26(23,24)16-12-10-15(3)11-13-16)14-19(22)20-17-8-6-7-9-18(17)25-5-2/h6-13H,4-5,14H2,1-3H3,(H,20,22). The first-order valence-electron chi connectivity index (χ1n) is 8.47. The molecule has 0 aliphatic rings. The number of rotatable bonds is 8. The van der Waals surface area contributed by atoms with Crippen LogP contribution in [-0.4, -0.2) is 38.3 Å². The van der Waals surface area contributed by atoms with Gasteiger partial charge >= 0.3 is 0 Å². The van der Waals surface area contributed by atoms with Crippen molar-refractivity contribution < 1.29 is 17.9 Å². The second-order valence-corrected chi connectivity index (χ2v) is 7.66. The van der Waals surface area contributed by atoms with Crippen molar-refractivity contribution in [1.82, 2.24) is 4.31 Å². The molecular weight excluding hydrogens is 352 g/mol. The van der Waals surface area contributed by atoms with Crippen LogP contribution in [0.3, 0.4) is 0 Å². The van der Waals surface area contributed by atoms with Crippen molar-refractivity contribution >= 4 is 21.6 Å². The third-order valence-corrected chi connectivity index (χ3v) is 5.73.